The lowest BCUT2D eigenvalue weighted by molar-refractivity contribution is -0.132. The van der Waals surface area contributed by atoms with Gasteiger partial charge in [-0.3, -0.25) is 9.69 Å². The summed E-state index contributed by atoms with van der Waals surface area (Å²) in [5, 5.41) is 12.4. The number of hydrogen-bond acceptors (Lipinski definition) is 4. The lowest BCUT2D eigenvalue weighted by atomic mass is 9.83. The Bertz CT molecular complexity index is 1670. The predicted molar refractivity (Wildman–Crippen MR) is 199 cm³/mol. The molecule has 1 amide bonds. The number of aliphatic carboxylic acids is 1. The van der Waals surface area contributed by atoms with Crippen molar-refractivity contribution in [2.75, 3.05) is 6.54 Å². The van der Waals surface area contributed by atoms with E-state index in [1.165, 1.54) is 76.3 Å². The molecule has 1 aromatic heterocycles. The van der Waals surface area contributed by atoms with Gasteiger partial charge in [0.25, 0.3) is 0 Å². The third-order valence-electron chi connectivity index (χ3n) is 10.1. The summed E-state index contributed by atoms with van der Waals surface area (Å²) < 4.78 is 29.9. The second-order valence-electron chi connectivity index (χ2n) is 13.8. The van der Waals surface area contributed by atoms with Crippen LogP contribution in [-0.4, -0.2) is 51.9 Å². The lowest BCUT2D eigenvalue weighted by Crippen LogP contribution is -2.54. The largest absolute Gasteiger partial charge is 0.472 e. The van der Waals surface area contributed by atoms with E-state index in [1.807, 2.05) is 0 Å². The van der Waals surface area contributed by atoms with Crippen molar-refractivity contribution >= 4 is 40.7 Å². The minimum absolute atomic E-state index is 0.0621. The van der Waals surface area contributed by atoms with Crippen LogP contribution in [-0.2, 0) is 26.5 Å². The summed E-state index contributed by atoms with van der Waals surface area (Å²) in [4.78, 5) is 43.2. The molecule has 1 fully saturated rings. The van der Waals surface area contributed by atoms with Crippen LogP contribution in [0.25, 0.3) is 10.9 Å². The van der Waals surface area contributed by atoms with Gasteiger partial charge in [0, 0.05) is 59.2 Å². The van der Waals surface area contributed by atoms with E-state index >= 15 is 4.39 Å². The fraction of sp³-hybridized carbons (Fsp3) is 0.537. The van der Waals surface area contributed by atoms with Crippen molar-refractivity contribution in [3.05, 3.63) is 70.1 Å². The van der Waals surface area contributed by atoms with Gasteiger partial charge in [-0.2, -0.15) is 0 Å². The molecule has 1 aliphatic rings. The molecule has 10 heteroatoms. The first-order chi connectivity index (χ1) is 24.7. The first-order valence-electron chi connectivity index (χ1n) is 18.6. The van der Waals surface area contributed by atoms with E-state index in [0.29, 0.717) is 34.9 Å². The second kappa shape index (κ2) is 20.3. The molecule has 3 N–H and O–H groups in total. The molecule has 2 aromatic carbocycles. The Morgan fingerprint density at radius 3 is 2.29 bits per heavy atom. The number of benzene rings is 2. The smallest absolute Gasteiger partial charge is 0.382 e. The van der Waals surface area contributed by atoms with Gasteiger partial charge in [0.2, 0.25) is 5.91 Å². The van der Waals surface area contributed by atoms with Gasteiger partial charge in [-0.15, -0.1) is 0 Å². The summed E-state index contributed by atoms with van der Waals surface area (Å²) >= 11 is 5.94. The SMILES string of the molecule is CCCCCCCCCCCCCCCCC(C=O)(c1c[nH]c2ccc(C#CC(=O)O)cc12)N1CC(F)CC1C(=O)NCc1cccc(Cl)c1F. The van der Waals surface area contributed by atoms with Crippen molar-refractivity contribution in [2.45, 2.75) is 134 Å². The number of rotatable bonds is 21. The van der Waals surface area contributed by atoms with Crippen LogP contribution in [0, 0.1) is 17.7 Å². The summed E-state index contributed by atoms with van der Waals surface area (Å²) in [5.74, 6) is 2.37. The maximum absolute atomic E-state index is 15.3. The number of carboxylic acids is 1. The van der Waals surface area contributed by atoms with Crippen LogP contribution < -0.4 is 5.32 Å². The zero-order valence-electron chi connectivity index (χ0n) is 29.8. The van der Waals surface area contributed by atoms with Crippen LogP contribution >= 0.6 is 11.6 Å². The minimum Gasteiger partial charge on any atom is -0.472 e. The van der Waals surface area contributed by atoms with Gasteiger partial charge in [-0.25, -0.2) is 13.6 Å². The molecule has 0 bridgehead atoms. The number of unbranched alkanes of at least 4 members (excludes halogenated alkanes) is 13. The van der Waals surface area contributed by atoms with Crippen LogP contribution in [0.1, 0.15) is 126 Å². The number of aldehydes is 1. The fourth-order valence-electron chi connectivity index (χ4n) is 7.35. The molecule has 276 valence electrons. The first kappa shape index (κ1) is 40.0. The molecule has 4 rings (SSSR count). The Hall–Kier alpha value is -3.74. The summed E-state index contributed by atoms with van der Waals surface area (Å²) in [6.45, 7) is 1.96. The zero-order valence-corrected chi connectivity index (χ0v) is 30.5. The van der Waals surface area contributed by atoms with Crippen LogP contribution in [0.3, 0.4) is 0 Å². The number of carboxylic acid groups (broad SMARTS) is 1. The monoisotopic (exact) mass is 723 g/mol. The highest BCUT2D eigenvalue weighted by Crippen LogP contribution is 2.42. The van der Waals surface area contributed by atoms with E-state index in [4.69, 9.17) is 16.7 Å². The number of carbonyl (C=O) groups is 3. The molecular formula is C41H52ClF2N3O4. The number of likely N-dealkylation sites (tertiary alicyclic amines) is 1. The number of H-pyrrole nitrogens is 1. The van der Waals surface area contributed by atoms with Crippen LogP contribution in [0.4, 0.5) is 8.78 Å². The van der Waals surface area contributed by atoms with Crippen molar-refractivity contribution in [1.29, 1.82) is 0 Å². The number of nitrogens with one attached hydrogen (secondary N) is 2. The van der Waals surface area contributed by atoms with Crippen molar-refractivity contribution in [3.63, 3.8) is 0 Å². The maximum Gasteiger partial charge on any atom is 0.382 e. The molecule has 3 aromatic rings. The molecule has 1 saturated heterocycles. The van der Waals surface area contributed by atoms with Crippen molar-refractivity contribution < 1.29 is 28.3 Å². The van der Waals surface area contributed by atoms with Gasteiger partial charge in [-0.05, 0) is 30.7 Å². The standard InChI is InChI=1S/C41H52ClF2N3O4/c1-2-3-4-5-6-7-8-9-10-11-12-13-14-15-23-41(29-48,34-27-45-36-21-19-30(24-33(34)36)20-22-38(49)50)47-28-32(43)25-37(47)40(51)46-26-31-17-16-18-35(42)39(31)44/h16-19,21,24,27,29,32,37,45H,2-15,23,25-26,28H2,1H3,(H,46,51)(H,49,50). The highest BCUT2D eigenvalue weighted by Gasteiger charge is 2.50. The number of aromatic nitrogens is 1. The Morgan fingerprint density at radius 1 is 1.02 bits per heavy atom. The van der Waals surface area contributed by atoms with Gasteiger partial charge in [0.15, 0.2) is 0 Å². The highest BCUT2D eigenvalue weighted by molar-refractivity contribution is 6.30. The van der Waals surface area contributed by atoms with Gasteiger partial charge < -0.3 is 20.2 Å². The second-order valence-corrected chi connectivity index (χ2v) is 14.2. The normalized spacial score (nSPS) is 17.2. The van der Waals surface area contributed by atoms with Gasteiger partial charge in [0.05, 0.1) is 11.1 Å². The Morgan fingerprint density at radius 2 is 1.67 bits per heavy atom. The number of amides is 1. The predicted octanol–water partition coefficient (Wildman–Crippen LogP) is 9.39. The average Bonchev–Trinajstić information content (AvgIpc) is 3.74. The lowest BCUT2D eigenvalue weighted by Gasteiger charge is -2.40. The molecule has 0 saturated carbocycles. The van der Waals surface area contributed by atoms with Crippen LogP contribution in [0.2, 0.25) is 5.02 Å². The van der Waals surface area contributed by atoms with Crippen LogP contribution in [0.5, 0.6) is 0 Å². The summed E-state index contributed by atoms with van der Waals surface area (Å²) in [6, 6.07) is 8.72. The van der Waals surface area contributed by atoms with Gasteiger partial charge in [-0.1, -0.05) is 126 Å². The molecule has 1 aliphatic heterocycles. The number of carbonyl (C=O) groups excluding carboxylic acids is 2. The molecule has 3 unspecified atom stereocenters. The van der Waals surface area contributed by atoms with E-state index in [2.05, 4.69) is 29.1 Å². The maximum atomic E-state index is 15.3. The first-order valence-corrected chi connectivity index (χ1v) is 19.0. The van der Waals surface area contributed by atoms with E-state index in [-0.39, 0.29) is 30.1 Å². The van der Waals surface area contributed by atoms with Gasteiger partial charge >= 0.3 is 5.97 Å². The molecule has 3 atom stereocenters. The molecule has 51 heavy (non-hydrogen) atoms. The van der Waals surface area contributed by atoms with E-state index < -0.39 is 35.4 Å². The number of nitrogens with zero attached hydrogens (tertiary/aromatic N) is 1. The molecule has 0 spiro atoms. The molecule has 2 heterocycles. The quantitative estimate of drug-likeness (QED) is 0.0578. The van der Waals surface area contributed by atoms with E-state index in [9.17, 15) is 18.8 Å². The topological polar surface area (TPSA) is 102 Å². The van der Waals surface area contributed by atoms with E-state index in [1.54, 1.807) is 35.4 Å². The zero-order chi connectivity index (χ0) is 36.6. The fourth-order valence-corrected chi connectivity index (χ4v) is 7.55. The Kier molecular flexibility index (Phi) is 16.0. The van der Waals surface area contributed by atoms with E-state index in [0.717, 1.165) is 25.5 Å². The van der Waals surface area contributed by atoms with Crippen molar-refractivity contribution in [1.82, 2.24) is 15.2 Å². The third-order valence-corrected chi connectivity index (χ3v) is 10.4. The molecule has 7 nitrogen and oxygen atoms in total. The molecule has 0 radical (unpaired) electrons. The van der Waals surface area contributed by atoms with Crippen molar-refractivity contribution in [3.8, 4) is 11.8 Å². The number of halogens is 3. The Balaban J connectivity index is 1.49. The highest BCUT2D eigenvalue weighted by atomic mass is 35.5. The van der Waals surface area contributed by atoms with Crippen molar-refractivity contribution in [2.24, 2.45) is 0 Å². The number of fused-ring (bicyclic) bond motifs is 1. The van der Waals surface area contributed by atoms with Crippen LogP contribution in [0.15, 0.2) is 42.6 Å². The Labute approximate surface area is 305 Å². The third kappa shape index (κ3) is 11.1. The summed E-state index contributed by atoms with van der Waals surface area (Å²) in [5.41, 5.74) is 0.566. The van der Waals surface area contributed by atoms with Gasteiger partial charge in [0.1, 0.15) is 23.8 Å². The minimum atomic E-state index is -1.36. The number of aromatic amines is 1. The average molecular weight is 724 g/mol. The number of hydrogen-bond donors (Lipinski definition) is 3. The summed E-state index contributed by atoms with van der Waals surface area (Å²) in [6.07, 6.45) is 17.9. The molecular weight excluding hydrogens is 672 g/mol. The molecule has 0 aliphatic carbocycles. The number of alkyl halides is 1. The summed E-state index contributed by atoms with van der Waals surface area (Å²) in [7, 11) is 0.